The molecule has 0 bridgehead atoms. The molecule has 5 heteroatoms. The number of carboxylic acids is 1. The highest BCUT2D eigenvalue weighted by Gasteiger charge is 2.47. The molecule has 1 aliphatic carbocycles. The Balaban J connectivity index is 2.47. The summed E-state index contributed by atoms with van der Waals surface area (Å²) < 4.78 is 5.12. The third kappa shape index (κ3) is 2.28. The van der Waals surface area contributed by atoms with Crippen molar-refractivity contribution in [2.24, 2.45) is 0 Å². The van der Waals surface area contributed by atoms with Gasteiger partial charge in [0.2, 0.25) is 6.41 Å². The molecule has 5 nitrogen and oxygen atoms in total. The van der Waals surface area contributed by atoms with Crippen LogP contribution in [0.2, 0.25) is 0 Å². The van der Waals surface area contributed by atoms with E-state index >= 15 is 0 Å². The summed E-state index contributed by atoms with van der Waals surface area (Å²) in [7, 11) is 1.52. The highest BCUT2D eigenvalue weighted by molar-refractivity contribution is 5.83. The molecule has 1 fully saturated rings. The van der Waals surface area contributed by atoms with E-state index in [1.165, 1.54) is 12.0 Å². The zero-order valence-electron chi connectivity index (χ0n) is 11.0. The van der Waals surface area contributed by atoms with Gasteiger partial charge in [0.25, 0.3) is 0 Å². The number of hydrogen-bond acceptors (Lipinski definition) is 3. The number of ether oxygens (including phenoxy) is 1. The molecule has 0 saturated heterocycles. The van der Waals surface area contributed by atoms with Gasteiger partial charge in [-0.2, -0.15) is 0 Å². The summed E-state index contributed by atoms with van der Waals surface area (Å²) in [4.78, 5) is 24.4. The minimum Gasteiger partial charge on any atom is -0.497 e. The largest absolute Gasteiger partial charge is 0.497 e. The molecule has 1 aromatic carbocycles. The first-order chi connectivity index (χ1) is 9.03. The molecule has 0 radical (unpaired) electrons. The van der Waals surface area contributed by atoms with E-state index < -0.39 is 11.5 Å². The number of carbonyl (C=O) groups excluding carboxylic acids is 1. The van der Waals surface area contributed by atoms with Crippen molar-refractivity contribution < 1.29 is 19.4 Å². The topological polar surface area (TPSA) is 66.8 Å². The number of carboxylic acid groups (broad SMARTS) is 1. The minimum absolute atomic E-state index is 0.0183. The average molecular weight is 263 g/mol. The molecule has 0 spiro atoms. The van der Waals surface area contributed by atoms with Crippen molar-refractivity contribution in [3.05, 3.63) is 29.8 Å². The van der Waals surface area contributed by atoms with Gasteiger partial charge in [0.15, 0.2) is 5.54 Å². The van der Waals surface area contributed by atoms with Crippen LogP contribution in [0.4, 0.5) is 0 Å². The van der Waals surface area contributed by atoms with Crippen molar-refractivity contribution >= 4 is 12.4 Å². The molecule has 1 aliphatic rings. The first-order valence-electron chi connectivity index (χ1n) is 6.15. The minimum atomic E-state index is -1.36. The lowest BCUT2D eigenvalue weighted by molar-refractivity contribution is -0.155. The Hall–Kier alpha value is -2.04. The van der Waals surface area contributed by atoms with E-state index in [9.17, 15) is 14.7 Å². The van der Waals surface area contributed by atoms with Gasteiger partial charge in [0.1, 0.15) is 5.75 Å². The molecule has 2 rings (SSSR count). The van der Waals surface area contributed by atoms with Crippen LogP contribution in [0.15, 0.2) is 24.3 Å². The SMILES string of the molecule is COc1cccc(C(C)(C(=O)O)N(C=O)C2CC2)c1. The van der Waals surface area contributed by atoms with E-state index in [1.54, 1.807) is 31.2 Å². The Bertz CT molecular complexity index is 498. The van der Waals surface area contributed by atoms with E-state index in [0.717, 1.165) is 12.8 Å². The zero-order valence-corrected chi connectivity index (χ0v) is 11.0. The molecular weight excluding hydrogens is 246 g/mol. The fourth-order valence-corrected chi connectivity index (χ4v) is 2.22. The molecule has 0 heterocycles. The Morgan fingerprint density at radius 3 is 2.68 bits per heavy atom. The lowest BCUT2D eigenvalue weighted by atomic mass is 9.90. The smallest absolute Gasteiger partial charge is 0.334 e. The first kappa shape index (κ1) is 13.4. The van der Waals surface area contributed by atoms with E-state index in [4.69, 9.17) is 4.74 Å². The standard InChI is InChI=1S/C14H17NO4/c1-14(13(17)18,15(9-16)11-6-7-11)10-4-3-5-12(8-10)19-2/h3-5,8-9,11H,6-7H2,1-2H3,(H,17,18). The third-order valence-electron chi connectivity index (χ3n) is 3.62. The van der Waals surface area contributed by atoms with Gasteiger partial charge in [-0.15, -0.1) is 0 Å². The molecule has 1 aromatic rings. The molecule has 1 N–H and O–H groups in total. The van der Waals surface area contributed by atoms with Crippen LogP contribution in [0.5, 0.6) is 5.75 Å². The summed E-state index contributed by atoms with van der Waals surface area (Å²) in [6.07, 6.45) is 2.34. The summed E-state index contributed by atoms with van der Waals surface area (Å²) in [5.41, 5.74) is -0.823. The van der Waals surface area contributed by atoms with Gasteiger partial charge >= 0.3 is 5.97 Å². The summed E-state index contributed by atoms with van der Waals surface area (Å²) >= 11 is 0. The molecule has 1 saturated carbocycles. The molecular formula is C14H17NO4. The predicted molar refractivity (Wildman–Crippen MR) is 68.9 cm³/mol. The number of aliphatic carboxylic acids is 1. The Kier molecular flexibility index (Phi) is 3.46. The van der Waals surface area contributed by atoms with Crippen molar-refractivity contribution in [1.82, 2.24) is 4.90 Å². The van der Waals surface area contributed by atoms with Gasteiger partial charge in [-0.3, -0.25) is 4.79 Å². The van der Waals surface area contributed by atoms with Crippen molar-refractivity contribution in [1.29, 1.82) is 0 Å². The molecule has 0 aromatic heterocycles. The van der Waals surface area contributed by atoms with Crippen LogP contribution in [0.3, 0.4) is 0 Å². The quantitative estimate of drug-likeness (QED) is 0.792. The van der Waals surface area contributed by atoms with Crippen LogP contribution in [0.25, 0.3) is 0 Å². The van der Waals surface area contributed by atoms with Gasteiger partial charge in [0, 0.05) is 6.04 Å². The van der Waals surface area contributed by atoms with Crippen LogP contribution < -0.4 is 4.74 Å². The van der Waals surface area contributed by atoms with Gasteiger partial charge in [0.05, 0.1) is 7.11 Å². The van der Waals surface area contributed by atoms with E-state index in [-0.39, 0.29) is 6.04 Å². The summed E-state index contributed by atoms with van der Waals surface area (Å²) in [6.45, 7) is 1.55. The second-order valence-electron chi connectivity index (χ2n) is 4.85. The summed E-state index contributed by atoms with van der Waals surface area (Å²) in [5.74, 6) is -0.466. The van der Waals surface area contributed by atoms with Crippen LogP contribution in [0.1, 0.15) is 25.3 Å². The van der Waals surface area contributed by atoms with E-state index in [1.807, 2.05) is 0 Å². The second-order valence-corrected chi connectivity index (χ2v) is 4.85. The first-order valence-corrected chi connectivity index (χ1v) is 6.15. The fourth-order valence-electron chi connectivity index (χ4n) is 2.22. The highest BCUT2D eigenvalue weighted by Crippen LogP contribution is 2.38. The number of carbonyl (C=O) groups is 2. The second kappa shape index (κ2) is 4.91. The Labute approximate surface area is 111 Å². The van der Waals surface area contributed by atoms with Crippen LogP contribution >= 0.6 is 0 Å². The third-order valence-corrected chi connectivity index (χ3v) is 3.62. The van der Waals surface area contributed by atoms with Gasteiger partial charge in [-0.25, -0.2) is 4.79 Å². The van der Waals surface area contributed by atoms with Crippen LogP contribution in [-0.2, 0) is 15.1 Å². The molecule has 102 valence electrons. The maximum atomic E-state index is 11.7. The van der Waals surface area contributed by atoms with Gasteiger partial charge in [-0.05, 0) is 37.5 Å². The summed E-state index contributed by atoms with van der Waals surface area (Å²) in [6, 6.07) is 6.85. The monoisotopic (exact) mass is 263 g/mol. The number of nitrogens with zero attached hydrogens (tertiary/aromatic N) is 1. The number of rotatable bonds is 6. The van der Waals surface area contributed by atoms with E-state index in [0.29, 0.717) is 17.7 Å². The van der Waals surface area contributed by atoms with E-state index in [2.05, 4.69) is 0 Å². The lowest BCUT2D eigenvalue weighted by Gasteiger charge is -2.36. The number of amides is 1. The van der Waals surface area contributed by atoms with Gasteiger partial charge < -0.3 is 14.7 Å². The number of hydrogen-bond donors (Lipinski definition) is 1. The maximum absolute atomic E-state index is 11.7. The van der Waals surface area contributed by atoms with Crippen molar-refractivity contribution in [3.63, 3.8) is 0 Å². The van der Waals surface area contributed by atoms with Crippen molar-refractivity contribution in [2.75, 3.05) is 7.11 Å². The average Bonchev–Trinajstić information content (AvgIpc) is 3.23. The van der Waals surface area contributed by atoms with Crippen LogP contribution in [-0.4, -0.2) is 35.5 Å². The molecule has 1 unspecified atom stereocenters. The Morgan fingerprint density at radius 1 is 1.53 bits per heavy atom. The van der Waals surface area contributed by atoms with Crippen molar-refractivity contribution in [2.45, 2.75) is 31.3 Å². The molecule has 0 aliphatic heterocycles. The van der Waals surface area contributed by atoms with Crippen LogP contribution in [0, 0.1) is 0 Å². The van der Waals surface area contributed by atoms with Gasteiger partial charge in [-0.1, -0.05) is 12.1 Å². The zero-order chi connectivity index (χ0) is 14.0. The fraction of sp³-hybridized carbons (Fsp3) is 0.429. The predicted octanol–water partition coefficient (Wildman–Crippen LogP) is 1.62. The highest BCUT2D eigenvalue weighted by atomic mass is 16.5. The lowest BCUT2D eigenvalue weighted by Crippen LogP contribution is -2.50. The normalized spacial score (nSPS) is 17.4. The summed E-state index contributed by atoms with van der Waals surface area (Å²) in [5, 5.41) is 9.59. The number of benzene rings is 1. The molecule has 1 atom stereocenters. The maximum Gasteiger partial charge on any atom is 0.334 e. The molecule has 1 amide bonds. The van der Waals surface area contributed by atoms with Crippen molar-refractivity contribution in [3.8, 4) is 5.75 Å². The number of methoxy groups -OCH3 is 1. The Morgan fingerprint density at radius 2 is 2.21 bits per heavy atom. The molecule has 19 heavy (non-hydrogen) atoms.